The molecule has 0 fully saturated rings. The molecule has 0 bridgehead atoms. The van der Waals surface area contributed by atoms with Gasteiger partial charge in [0, 0.05) is 18.7 Å². The quantitative estimate of drug-likeness (QED) is 0.132. The van der Waals surface area contributed by atoms with Gasteiger partial charge in [-0.1, -0.05) is 60.7 Å². The molecule has 9 N–H and O–H groups in total. The predicted octanol–water partition coefficient (Wildman–Crippen LogP) is 2.16. The highest BCUT2D eigenvalue weighted by Gasteiger charge is 2.21. The number of phenolic OH excluding ortho intramolecular Hbond substituents is 1. The Labute approximate surface area is 250 Å². The zero-order chi connectivity index (χ0) is 31.8. The van der Waals surface area contributed by atoms with E-state index in [2.05, 4.69) is 16.0 Å². The minimum absolute atomic E-state index is 0.00225. The van der Waals surface area contributed by atoms with E-state index in [1.165, 1.54) is 17.7 Å². The Balaban J connectivity index is 0.00000119. The lowest BCUT2D eigenvalue weighted by Gasteiger charge is -2.18. The third-order valence-electron chi connectivity index (χ3n) is 6.18. The monoisotopic (exact) mass is 614 g/mol. The zero-order valence-corrected chi connectivity index (χ0v) is 24.7. The van der Waals surface area contributed by atoms with Crippen LogP contribution in [0.2, 0.25) is 0 Å². The Hall–Kier alpha value is -4.06. The molecule has 0 aliphatic rings. The zero-order valence-electron chi connectivity index (χ0n) is 23.8. The molecule has 43 heavy (non-hydrogen) atoms. The maximum atomic E-state index is 12.8. The summed E-state index contributed by atoms with van der Waals surface area (Å²) in [5, 5.41) is 17.9. The number of phosphoric acid groups is 1. The van der Waals surface area contributed by atoms with Gasteiger partial charge in [0.1, 0.15) is 11.8 Å². The van der Waals surface area contributed by atoms with Crippen LogP contribution in [0.4, 0.5) is 5.69 Å². The highest BCUT2D eigenvalue weighted by molar-refractivity contribution is 7.45. The van der Waals surface area contributed by atoms with Crippen molar-refractivity contribution in [1.29, 1.82) is 0 Å². The molecule has 12 nitrogen and oxygen atoms in total. The first kappa shape index (κ1) is 35.1. The van der Waals surface area contributed by atoms with E-state index in [1.54, 1.807) is 25.1 Å². The van der Waals surface area contributed by atoms with Gasteiger partial charge in [0.25, 0.3) is 0 Å². The number of carbonyl (C=O) groups excluding carboxylic acids is 3. The number of anilines is 1. The fourth-order valence-electron chi connectivity index (χ4n) is 3.98. The fourth-order valence-corrected chi connectivity index (χ4v) is 3.98. The van der Waals surface area contributed by atoms with Crippen molar-refractivity contribution in [2.24, 2.45) is 5.73 Å². The van der Waals surface area contributed by atoms with Crippen molar-refractivity contribution in [3.8, 4) is 5.75 Å². The van der Waals surface area contributed by atoms with Gasteiger partial charge in [-0.05, 0) is 67.5 Å². The van der Waals surface area contributed by atoms with Crippen LogP contribution < -0.4 is 21.7 Å². The molecule has 0 saturated heterocycles. The van der Waals surface area contributed by atoms with E-state index in [0.717, 1.165) is 17.5 Å². The molecular formula is C30H39N4O8P. The van der Waals surface area contributed by atoms with Gasteiger partial charge in [0.2, 0.25) is 17.7 Å². The lowest BCUT2D eigenvalue weighted by Crippen LogP contribution is -2.49. The molecule has 0 radical (unpaired) electrons. The molecule has 2 atom stereocenters. The van der Waals surface area contributed by atoms with E-state index in [4.69, 9.17) is 25.0 Å². The number of benzene rings is 3. The van der Waals surface area contributed by atoms with Crippen LogP contribution in [0.1, 0.15) is 36.5 Å². The number of hydrogen-bond acceptors (Lipinski definition) is 6. The smallest absolute Gasteiger partial charge is 0.466 e. The molecule has 3 rings (SSSR count). The van der Waals surface area contributed by atoms with E-state index in [-0.39, 0.29) is 24.0 Å². The van der Waals surface area contributed by atoms with E-state index in [0.29, 0.717) is 31.5 Å². The van der Waals surface area contributed by atoms with Gasteiger partial charge in [0.05, 0.1) is 6.04 Å². The Bertz CT molecular complexity index is 1360. The number of nitrogens with one attached hydrogen (secondary N) is 3. The molecule has 0 spiro atoms. The summed E-state index contributed by atoms with van der Waals surface area (Å²) < 4.78 is 8.88. The van der Waals surface area contributed by atoms with Crippen LogP contribution in [0.5, 0.6) is 5.75 Å². The van der Waals surface area contributed by atoms with Gasteiger partial charge < -0.3 is 41.5 Å². The summed E-state index contributed by atoms with van der Waals surface area (Å²) in [6, 6.07) is 22.3. The standard InChI is InChI=1S/C30H36N4O4.H3O4P/c1-21(33-30(38)26(31)20-23-14-16-25(35)17-15-23)29(37)34-27-12-6-5-10-24(27)11-7-13-28(36)32-19-18-22-8-3-2-4-9-22;1-5(2,3)4/h2-6,8-10,12,14-17,21,26,35H,7,11,13,18-20,31H2,1H3,(H,32,36)(H,33,38)(H,34,37);(H3,1,2,3,4)/t21-,26-;/m0./s1. The Kier molecular flexibility index (Phi) is 14.5. The number of aryl methyl sites for hydroxylation is 1. The molecule has 0 aliphatic heterocycles. The van der Waals surface area contributed by atoms with E-state index >= 15 is 0 Å². The summed E-state index contributed by atoms with van der Waals surface area (Å²) in [5.74, 6) is -0.657. The van der Waals surface area contributed by atoms with Gasteiger partial charge in [-0.3, -0.25) is 14.4 Å². The maximum absolute atomic E-state index is 12.8. The topological polar surface area (TPSA) is 211 Å². The summed E-state index contributed by atoms with van der Waals surface area (Å²) in [6.07, 6.45) is 2.73. The molecule has 3 aromatic carbocycles. The third-order valence-corrected chi connectivity index (χ3v) is 6.18. The molecule has 0 heterocycles. The second-order valence-electron chi connectivity index (χ2n) is 9.81. The van der Waals surface area contributed by atoms with Crippen LogP contribution in [-0.2, 0) is 38.2 Å². The highest BCUT2D eigenvalue weighted by Crippen LogP contribution is 2.25. The number of aromatic hydroxyl groups is 1. The summed E-state index contributed by atoms with van der Waals surface area (Å²) in [6.45, 7) is 2.20. The molecule has 13 heteroatoms. The number of amides is 3. The van der Waals surface area contributed by atoms with Crippen LogP contribution in [0, 0.1) is 0 Å². The minimum Gasteiger partial charge on any atom is -0.508 e. The molecule has 3 aromatic rings. The average Bonchev–Trinajstić information content (AvgIpc) is 2.94. The van der Waals surface area contributed by atoms with Crippen molar-refractivity contribution >= 4 is 31.2 Å². The summed E-state index contributed by atoms with van der Waals surface area (Å²) in [5.41, 5.74) is 9.57. The van der Waals surface area contributed by atoms with Crippen molar-refractivity contribution in [1.82, 2.24) is 10.6 Å². The molecule has 0 unspecified atom stereocenters. The van der Waals surface area contributed by atoms with Gasteiger partial charge >= 0.3 is 7.82 Å². The van der Waals surface area contributed by atoms with Gasteiger partial charge in [-0.15, -0.1) is 0 Å². The fraction of sp³-hybridized carbons (Fsp3) is 0.300. The Morgan fingerprint density at radius 3 is 2.09 bits per heavy atom. The number of phenols is 1. The van der Waals surface area contributed by atoms with Gasteiger partial charge in [-0.2, -0.15) is 0 Å². The largest absolute Gasteiger partial charge is 0.508 e. The first-order valence-electron chi connectivity index (χ1n) is 13.6. The first-order chi connectivity index (χ1) is 20.3. The number of nitrogens with two attached hydrogens (primary N) is 1. The predicted molar refractivity (Wildman–Crippen MR) is 163 cm³/mol. The SMILES string of the molecule is C[C@H](NC(=O)[C@@H](N)Cc1ccc(O)cc1)C(=O)Nc1ccccc1CCCC(=O)NCCc1ccccc1.O=P(O)(O)O. The third kappa shape index (κ3) is 15.1. The van der Waals surface area contributed by atoms with Crippen LogP contribution in [0.25, 0.3) is 0 Å². The van der Waals surface area contributed by atoms with Crippen LogP contribution in [-0.4, -0.2) is 56.1 Å². The first-order valence-corrected chi connectivity index (χ1v) is 15.2. The summed E-state index contributed by atoms with van der Waals surface area (Å²) >= 11 is 0. The van der Waals surface area contributed by atoms with Crippen molar-refractivity contribution in [2.45, 2.75) is 51.1 Å². The number of carbonyl (C=O) groups is 3. The van der Waals surface area contributed by atoms with Crippen molar-refractivity contribution < 1.29 is 38.7 Å². The van der Waals surface area contributed by atoms with Crippen molar-refractivity contribution in [3.63, 3.8) is 0 Å². The number of hydrogen-bond donors (Lipinski definition) is 8. The average molecular weight is 615 g/mol. The lowest BCUT2D eigenvalue weighted by atomic mass is 10.0. The molecule has 0 aliphatic carbocycles. The van der Waals surface area contributed by atoms with Crippen LogP contribution in [0.3, 0.4) is 0 Å². The lowest BCUT2D eigenvalue weighted by molar-refractivity contribution is -0.127. The summed E-state index contributed by atoms with van der Waals surface area (Å²) in [7, 11) is -4.64. The van der Waals surface area contributed by atoms with Crippen molar-refractivity contribution in [2.75, 3.05) is 11.9 Å². The maximum Gasteiger partial charge on any atom is 0.466 e. The molecule has 0 aromatic heterocycles. The van der Waals surface area contributed by atoms with Crippen LogP contribution in [0.15, 0.2) is 78.9 Å². The normalized spacial score (nSPS) is 12.2. The highest BCUT2D eigenvalue weighted by atomic mass is 31.2. The van der Waals surface area contributed by atoms with E-state index in [1.807, 2.05) is 48.5 Å². The van der Waals surface area contributed by atoms with Crippen molar-refractivity contribution in [3.05, 3.63) is 95.6 Å². The minimum atomic E-state index is -4.64. The van der Waals surface area contributed by atoms with Crippen LogP contribution >= 0.6 is 7.82 Å². The molecule has 232 valence electrons. The number of rotatable bonds is 13. The number of para-hydroxylation sites is 1. The second kappa shape index (κ2) is 17.8. The van der Waals surface area contributed by atoms with E-state index in [9.17, 15) is 19.5 Å². The molecular weight excluding hydrogens is 575 g/mol. The Morgan fingerprint density at radius 1 is 0.837 bits per heavy atom. The Morgan fingerprint density at radius 2 is 1.44 bits per heavy atom. The molecule has 3 amide bonds. The molecule has 0 saturated carbocycles. The second-order valence-corrected chi connectivity index (χ2v) is 10.8. The van der Waals surface area contributed by atoms with E-state index < -0.39 is 25.8 Å². The van der Waals surface area contributed by atoms with Gasteiger partial charge in [0.15, 0.2) is 0 Å². The van der Waals surface area contributed by atoms with Gasteiger partial charge in [-0.25, -0.2) is 4.57 Å². The summed E-state index contributed by atoms with van der Waals surface area (Å²) in [4.78, 5) is 59.1.